The van der Waals surface area contributed by atoms with Crippen LogP contribution in [0.5, 0.6) is 0 Å². The summed E-state index contributed by atoms with van der Waals surface area (Å²) >= 11 is 0. The highest BCUT2D eigenvalue weighted by molar-refractivity contribution is 6.58. The zero-order chi connectivity index (χ0) is 11.3. The molecule has 15 heavy (non-hydrogen) atoms. The molecule has 1 rings (SSSR count). The van der Waals surface area contributed by atoms with Crippen LogP contribution in [0.4, 0.5) is 4.39 Å². The van der Waals surface area contributed by atoms with Gasteiger partial charge in [0.1, 0.15) is 5.82 Å². The minimum Gasteiger partial charge on any atom is -0.423 e. The molecule has 0 atom stereocenters. The fourth-order valence-corrected chi connectivity index (χ4v) is 1.53. The first-order valence-corrected chi connectivity index (χ1v) is 5.29. The molecule has 0 aliphatic carbocycles. The Morgan fingerprint density at radius 3 is 2.60 bits per heavy atom. The molecule has 0 aliphatic rings. The van der Waals surface area contributed by atoms with E-state index in [0.717, 1.165) is 31.2 Å². The normalized spacial score (nSPS) is 10.4. The van der Waals surface area contributed by atoms with E-state index >= 15 is 0 Å². The SMILES string of the molecule is CCCCCc1ccc(F)c(B(O)O)c1. The van der Waals surface area contributed by atoms with E-state index in [1.807, 2.05) is 0 Å². The lowest BCUT2D eigenvalue weighted by atomic mass is 9.79. The average molecular weight is 210 g/mol. The molecule has 2 N–H and O–H groups in total. The van der Waals surface area contributed by atoms with Crippen LogP contribution in [0.2, 0.25) is 0 Å². The topological polar surface area (TPSA) is 40.5 Å². The van der Waals surface area contributed by atoms with Gasteiger partial charge >= 0.3 is 7.12 Å². The Hall–Kier alpha value is -0.865. The summed E-state index contributed by atoms with van der Waals surface area (Å²) in [6.45, 7) is 2.12. The van der Waals surface area contributed by atoms with Crippen LogP contribution in [0.15, 0.2) is 18.2 Å². The molecule has 0 bridgehead atoms. The molecule has 0 saturated carbocycles. The Kier molecular flexibility index (Phi) is 4.79. The van der Waals surface area contributed by atoms with Gasteiger partial charge in [0.2, 0.25) is 0 Å². The van der Waals surface area contributed by atoms with Crippen LogP contribution in [0.1, 0.15) is 31.7 Å². The third kappa shape index (κ3) is 3.65. The molecule has 0 aromatic heterocycles. The van der Waals surface area contributed by atoms with Crippen LogP contribution in [0.3, 0.4) is 0 Å². The second-order valence-corrected chi connectivity index (χ2v) is 3.69. The fraction of sp³-hybridized carbons (Fsp3) is 0.455. The minimum absolute atomic E-state index is 0.0380. The second-order valence-electron chi connectivity index (χ2n) is 3.69. The molecule has 0 radical (unpaired) electrons. The van der Waals surface area contributed by atoms with Gasteiger partial charge in [-0.2, -0.15) is 0 Å². The molecule has 1 aromatic rings. The summed E-state index contributed by atoms with van der Waals surface area (Å²) < 4.78 is 13.1. The molecule has 0 fully saturated rings. The molecule has 0 spiro atoms. The summed E-state index contributed by atoms with van der Waals surface area (Å²) in [7, 11) is -1.73. The first kappa shape index (κ1) is 12.2. The van der Waals surface area contributed by atoms with Crippen molar-refractivity contribution in [3.05, 3.63) is 29.6 Å². The average Bonchev–Trinajstić information content (AvgIpc) is 2.20. The number of rotatable bonds is 5. The molecule has 0 aliphatic heterocycles. The maximum atomic E-state index is 13.1. The van der Waals surface area contributed by atoms with Gasteiger partial charge < -0.3 is 10.0 Å². The third-order valence-electron chi connectivity index (χ3n) is 2.41. The number of aryl methyl sites for hydroxylation is 1. The predicted octanol–water partition coefficient (Wildman–Crippen LogP) is 1.24. The molecule has 0 unspecified atom stereocenters. The van der Waals surface area contributed by atoms with Crippen LogP contribution in [-0.4, -0.2) is 17.2 Å². The Bertz CT molecular complexity index is 315. The zero-order valence-electron chi connectivity index (χ0n) is 8.91. The van der Waals surface area contributed by atoms with E-state index in [4.69, 9.17) is 10.0 Å². The monoisotopic (exact) mass is 210 g/mol. The number of halogens is 1. The minimum atomic E-state index is -1.73. The van der Waals surface area contributed by atoms with Crippen molar-refractivity contribution >= 4 is 12.6 Å². The smallest absolute Gasteiger partial charge is 0.423 e. The summed E-state index contributed by atoms with van der Waals surface area (Å²) in [5.74, 6) is -0.566. The fourth-order valence-electron chi connectivity index (χ4n) is 1.53. The van der Waals surface area contributed by atoms with Gasteiger partial charge in [0, 0.05) is 5.46 Å². The highest BCUT2D eigenvalue weighted by atomic mass is 19.1. The second kappa shape index (κ2) is 5.88. The predicted molar refractivity (Wildman–Crippen MR) is 59.5 cm³/mol. The third-order valence-corrected chi connectivity index (χ3v) is 2.41. The largest absolute Gasteiger partial charge is 0.491 e. The highest BCUT2D eigenvalue weighted by Gasteiger charge is 2.16. The van der Waals surface area contributed by atoms with Crippen LogP contribution < -0.4 is 5.46 Å². The molecule has 1 aromatic carbocycles. The highest BCUT2D eigenvalue weighted by Crippen LogP contribution is 2.07. The van der Waals surface area contributed by atoms with E-state index in [9.17, 15) is 4.39 Å². The Morgan fingerprint density at radius 1 is 1.27 bits per heavy atom. The lowest BCUT2D eigenvalue weighted by molar-refractivity contribution is 0.423. The number of benzene rings is 1. The van der Waals surface area contributed by atoms with E-state index in [-0.39, 0.29) is 5.46 Å². The molecule has 0 saturated heterocycles. The number of hydrogen-bond donors (Lipinski definition) is 2. The van der Waals surface area contributed by atoms with E-state index in [1.54, 1.807) is 6.07 Å². The maximum absolute atomic E-state index is 13.1. The van der Waals surface area contributed by atoms with Crippen molar-refractivity contribution in [2.45, 2.75) is 32.6 Å². The molecular formula is C11H16BFO2. The van der Waals surface area contributed by atoms with Crippen LogP contribution in [-0.2, 0) is 6.42 Å². The quantitative estimate of drug-likeness (QED) is 0.567. The maximum Gasteiger partial charge on any atom is 0.491 e. The van der Waals surface area contributed by atoms with Crippen LogP contribution in [0, 0.1) is 5.82 Å². The van der Waals surface area contributed by atoms with Crippen molar-refractivity contribution in [3.8, 4) is 0 Å². The van der Waals surface area contributed by atoms with Gasteiger partial charge in [0.05, 0.1) is 0 Å². The first-order chi connectivity index (χ1) is 7.15. The van der Waals surface area contributed by atoms with Gasteiger partial charge in [0.25, 0.3) is 0 Å². The zero-order valence-corrected chi connectivity index (χ0v) is 8.91. The molecule has 82 valence electrons. The van der Waals surface area contributed by atoms with E-state index in [0.29, 0.717) is 0 Å². The molecule has 0 amide bonds. The van der Waals surface area contributed by atoms with Crippen molar-refractivity contribution in [3.63, 3.8) is 0 Å². The van der Waals surface area contributed by atoms with E-state index in [1.165, 1.54) is 12.1 Å². The first-order valence-electron chi connectivity index (χ1n) is 5.29. The Labute approximate surface area is 89.9 Å². The van der Waals surface area contributed by atoms with E-state index in [2.05, 4.69) is 6.92 Å². The Morgan fingerprint density at radius 2 is 2.00 bits per heavy atom. The Balaban J connectivity index is 2.70. The molecule has 2 nitrogen and oxygen atoms in total. The van der Waals surface area contributed by atoms with Gasteiger partial charge in [-0.1, -0.05) is 31.9 Å². The molecule has 0 heterocycles. The van der Waals surface area contributed by atoms with E-state index < -0.39 is 12.9 Å². The van der Waals surface area contributed by atoms with Gasteiger partial charge in [-0.3, -0.25) is 0 Å². The van der Waals surface area contributed by atoms with Gasteiger partial charge in [-0.25, -0.2) is 4.39 Å². The summed E-state index contributed by atoms with van der Waals surface area (Å²) in [4.78, 5) is 0. The summed E-state index contributed by atoms with van der Waals surface area (Å²) in [6, 6.07) is 4.50. The number of unbranched alkanes of at least 4 members (excludes halogenated alkanes) is 2. The van der Waals surface area contributed by atoms with Crippen LogP contribution >= 0.6 is 0 Å². The summed E-state index contributed by atoms with van der Waals surface area (Å²) in [6.07, 6.45) is 4.17. The molecular weight excluding hydrogens is 194 g/mol. The lowest BCUT2D eigenvalue weighted by Crippen LogP contribution is -2.33. The van der Waals surface area contributed by atoms with Crippen LogP contribution in [0.25, 0.3) is 0 Å². The standard InChI is InChI=1S/C11H16BFO2/c1-2-3-4-5-9-6-7-11(13)10(8-9)12(14)15/h6-8,14-15H,2-5H2,1H3. The summed E-state index contributed by atoms with van der Waals surface area (Å²) in [5.41, 5.74) is 0.914. The lowest BCUT2D eigenvalue weighted by Gasteiger charge is -2.05. The van der Waals surface area contributed by atoms with Crippen molar-refractivity contribution in [2.24, 2.45) is 0 Å². The van der Waals surface area contributed by atoms with Gasteiger partial charge in [-0.05, 0) is 24.5 Å². The van der Waals surface area contributed by atoms with Crippen molar-refractivity contribution in [1.82, 2.24) is 0 Å². The summed E-state index contributed by atoms with van der Waals surface area (Å²) in [5, 5.41) is 17.8. The number of hydrogen-bond acceptors (Lipinski definition) is 2. The van der Waals surface area contributed by atoms with Gasteiger partial charge in [-0.15, -0.1) is 0 Å². The molecule has 4 heteroatoms. The van der Waals surface area contributed by atoms with Crippen molar-refractivity contribution in [1.29, 1.82) is 0 Å². The van der Waals surface area contributed by atoms with Crippen molar-refractivity contribution < 1.29 is 14.4 Å². The van der Waals surface area contributed by atoms with Crippen molar-refractivity contribution in [2.75, 3.05) is 0 Å². The van der Waals surface area contributed by atoms with Gasteiger partial charge in [0.15, 0.2) is 0 Å².